The molecule has 1 heterocycles. The van der Waals surface area contributed by atoms with Crippen LogP contribution in [0.25, 0.3) is 0 Å². The molecule has 2 N–H and O–H groups in total. The van der Waals surface area contributed by atoms with Gasteiger partial charge in [0.1, 0.15) is 0 Å². The molecule has 0 amide bonds. The van der Waals surface area contributed by atoms with Crippen molar-refractivity contribution in [2.75, 3.05) is 33.1 Å². The molecule has 7 heteroatoms. The van der Waals surface area contributed by atoms with Gasteiger partial charge >= 0.3 is 0 Å². The van der Waals surface area contributed by atoms with Crippen molar-refractivity contribution in [1.29, 1.82) is 0 Å². The summed E-state index contributed by atoms with van der Waals surface area (Å²) in [6.07, 6.45) is 4.33. The van der Waals surface area contributed by atoms with Crippen molar-refractivity contribution < 1.29 is 4.74 Å². The Hall–Kier alpha value is -0.180. The van der Waals surface area contributed by atoms with E-state index in [-0.39, 0.29) is 28.7 Å². The van der Waals surface area contributed by atoms with Crippen molar-refractivity contribution in [3.8, 4) is 0 Å². The van der Waals surface area contributed by atoms with Crippen molar-refractivity contribution in [2.24, 2.45) is 4.99 Å². The molecular weight excluding hydrogens is 445 g/mol. The molecule has 1 fully saturated rings. The Balaban J connectivity index is 0.00000264. The second-order valence-electron chi connectivity index (χ2n) is 5.41. The summed E-state index contributed by atoms with van der Waals surface area (Å²) >= 11 is 7.92. The Kier molecular flexibility index (Phi) is 9.65. The summed E-state index contributed by atoms with van der Waals surface area (Å²) in [5.41, 5.74) is 1.14. The number of ether oxygens (including phenoxy) is 1. The Labute approximate surface area is 165 Å². The third-order valence-corrected chi connectivity index (χ3v) is 5.64. The van der Waals surface area contributed by atoms with E-state index in [9.17, 15) is 0 Å². The molecule has 23 heavy (non-hydrogen) atoms. The fourth-order valence-electron chi connectivity index (χ4n) is 2.49. The average molecular weight is 470 g/mol. The quantitative estimate of drug-likeness (QED) is 0.393. The maximum Gasteiger partial charge on any atom is 0.191 e. The molecule has 0 saturated carbocycles. The summed E-state index contributed by atoms with van der Waals surface area (Å²) in [5, 5.41) is 7.53. The van der Waals surface area contributed by atoms with Crippen LogP contribution in [0, 0.1) is 0 Å². The van der Waals surface area contributed by atoms with Crippen LogP contribution in [0.5, 0.6) is 0 Å². The zero-order valence-electron chi connectivity index (χ0n) is 13.6. The van der Waals surface area contributed by atoms with Gasteiger partial charge in [-0.05, 0) is 36.8 Å². The normalized spacial score (nSPS) is 17.3. The zero-order chi connectivity index (χ0) is 15.8. The molecule has 1 aliphatic rings. The number of hydrogen-bond donors (Lipinski definition) is 2. The summed E-state index contributed by atoms with van der Waals surface area (Å²) < 4.78 is 5.72. The van der Waals surface area contributed by atoms with Crippen molar-refractivity contribution in [3.05, 3.63) is 34.9 Å². The molecule has 1 aromatic rings. The summed E-state index contributed by atoms with van der Waals surface area (Å²) in [7, 11) is 1.79. The van der Waals surface area contributed by atoms with Crippen LogP contribution in [0.4, 0.5) is 0 Å². The van der Waals surface area contributed by atoms with Gasteiger partial charge in [-0.15, -0.1) is 24.0 Å². The minimum atomic E-state index is 0. The Bertz CT molecular complexity index is 510. The Morgan fingerprint density at radius 2 is 2.09 bits per heavy atom. The minimum absolute atomic E-state index is 0. The van der Waals surface area contributed by atoms with Gasteiger partial charge in [-0.2, -0.15) is 11.8 Å². The first-order valence-electron chi connectivity index (χ1n) is 7.49. The molecule has 0 spiro atoms. The third-order valence-electron chi connectivity index (χ3n) is 3.99. The number of hydrogen-bond acceptors (Lipinski definition) is 3. The van der Waals surface area contributed by atoms with Crippen molar-refractivity contribution in [1.82, 2.24) is 10.6 Å². The molecule has 0 aromatic heterocycles. The minimum Gasteiger partial charge on any atom is -0.381 e. The van der Waals surface area contributed by atoms with Gasteiger partial charge in [-0.3, -0.25) is 4.99 Å². The predicted octanol–water partition coefficient (Wildman–Crippen LogP) is 3.54. The van der Waals surface area contributed by atoms with Crippen LogP contribution in [0.2, 0.25) is 5.02 Å². The first kappa shape index (κ1) is 20.9. The highest BCUT2D eigenvalue weighted by atomic mass is 127. The lowest BCUT2D eigenvalue weighted by Gasteiger charge is -2.36. The second kappa shape index (κ2) is 10.6. The average Bonchev–Trinajstić information content (AvgIpc) is 2.56. The smallest absolute Gasteiger partial charge is 0.191 e. The molecular formula is C16H25ClIN3OS. The van der Waals surface area contributed by atoms with E-state index >= 15 is 0 Å². The lowest BCUT2D eigenvalue weighted by molar-refractivity contribution is 0.0783. The molecule has 0 bridgehead atoms. The number of nitrogens with zero attached hydrogens (tertiary/aromatic N) is 1. The molecule has 1 aromatic carbocycles. The number of rotatable bonds is 5. The van der Waals surface area contributed by atoms with E-state index in [0.29, 0.717) is 6.54 Å². The topological polar surface area (TPSA) is 45.7 Å². The van der Waals surface area contributed by atoms with Crippen LogP contribution in [0.3, 0.4) is 0 Å². The van der Waals surface area contributed by atoms with Crippen molar-refractivity contribution in [2.45, 2.75) is 24.1 Å². The summed E-state index contributed by atoms with van der Waals surface area (Å²) in [5.74, 6) is 0.819. The van der Waals surface area contributed by atoms with Crippen LogP contribution in [-0.2, 0) is 11.3 Å². The van der Waals surface area contributed by atoms with Crippen molar-refractivity contribution >= 4 is 53.3 Å². The first-order valence-corrected chi connectivity index (χ1v) is 9.09. The van der Waals surface area contributed by atoms with Gasteiger partial charge in [0.15, 0.2) is 5.96 Å². The highest BCUT2D eigenvalue weighted by molar-refractivity contribution is 14.0. The van der Waals surface area contributed by atoms with Gasteiger partial charge in [0.25, 0.3) is 0 Å². The van der Waals surface area contributed by atoms with Gasteiger partial charge < -0.3 is 15.4 Å². The summed E-state index contributed by atoms with van der Waals surface area (Å²) in [6, 6.07) is 7.85. The molecule has 2 rings (SSSR count). The maximum absolute atomic E-state index is 6.01. The van der Waals surface area contributed by atoms with Crippen LogP contribution >= 0.6 is 47.3 Å². The number of halogens is 2. The van der Waals surface area contributed by atoms with Crippen LogP contribution < -0.4 is 10.6 Å². The monoisotopic (exact) mass is 469 g/mol. The predicted molar refractivity (Wildman–Crippen MR) is 111 cm³/mol. The third kappa shape index (κ3) is 6.68. The van der Waals surface area contributed by atoms with Gasteiger partial charge in [0.2, 0.25) is 0 Å². The molecule has 0 atom stereocenters. The van der Waals surface area contributed by atoms with E-state index < -0.39 is 0 Å². The van der Waals surface area contributed by atoms with E-state index in [1.165, 1.54) is 0 Å². The summed E-state index contributed by atoms with van der Waals surface area (Å²) in [4.78, 5) is 4.30. The molecule has 0 radical (unpaired) electrons. The van der Waals surface area contributed by atoms with Crippen LogP contribution in [0.15, 0.2) is 29.3 Å². The van der Waals surface area contributed by atoms with Crippen LogP contribution in [0.1, 0.15) is 18.4 Å². The lowest BCUT2D eigenvalue weighted by atomic mass is 9.99. The number of thioether (sulfide) groups is 1. The highest BCUT2D eigenvalue weighted by Crippen LogP contribution is 2.32. The van der Waals surface area contributed by atoms with E-state index in [4.69, 9.17) is 16.3 Å². The summed E-state index contributed by atoms with van der Waals surface area (Å²) in [6.45, 7) is 3.29. The largest absolute Gasteiger partial charge is 0.381 e. The molecule has 1 aliphatic heterocycles. The SMILES string of the molecule is CN=C(NCc1cccc(Cl)c1)NCC1(SC)CCOCC1.I. The molecule has 4 nitrogen and oxygen atoms in total. The van der Waals surface area contributed by atoms with E-state index in [0.717, 1.165) is 49.1 Å². The fraction of sp³-hybridized carbons (Fsp3) is 0.562. The van der Waals surface area contributed by atoms with E-state index in [1.807, 2.05) is 36.0 Å². The van der Waals surface area contributed by atoms with Gasteiger partial charge in [0.05, 0.1) is 0 Å². The fourth-order valence-corrected chi connectivity index (χ4v) is 3.50. The Morgan fingerprint density at radius 3 is 2.70 bits per heavy atom. The highest BCUT2D eigenvalue weighted by Gasteiger charge is 2.31. The number of aliphatic imine (C=N–C) groups is 1. The van der Waals surface area contributed by atoms with Crippen LogP contribution in [-0.4, -0.2) is 43.8 Å². The maximum atomic E-state index is 6.01. The van der Waals surface area contributed by atoms with Gasteiger partial charge in [-0.25, -0.2) is 0 Å². The van der Waals surface area contributed by atoms with Crippen molar-refractivity contribution in [3.63, 3.8) is 0 Å². The molecule has 0 aliphatic carbocycles. The molecule has 130 valence electrons. The number of guanidine groups is 1. The standard InChI is InChI=1S/C16H24ClN3OS.HI/c1-18-15(19-11-13-4-3-5-14(17)10-13)20-12-16(22-2)6-8-21-9-7-16;/h3-5,10H,6-9,11-12H2,1-2H3,(H2,18,19,20);1H. The van der Waals surface area contributed by atoms with Gasteiger partial charge in [-0.1, -0.05) is 23.7 Å². The van der Waals surface area contributed by atoms with E-state index in [1.54, 1.807) is 7.05 Å². The lowest BCUT2D eigenvalue weighted by Crippen LogP contribution is -2.47. The molecule has 0 unspecified atom stereocenters. The van der Waals surface area contributed by atoms with Gasteiger partial charge in [0, 0.05) is 43.1 Å². The van der Waals surface area contributed by atoms with E-state index in [2.05, 4.69) is 21.9 Å². The number of nitrogens with one attached hydrogen (secondary N) is 2. The number of benzene rings is 1. The first-order chi connectivity index (χ1) is 10.7. The Morgan fingerprint density at radius 1 is 1.35 bits per heavy atom. The zero-order valence-corrected chi connectivity index (χ0v) is 17.5. The second-order valence-corrected chi connectivity index (χ2v) is 7.12. The molecule has 1 saturated heterocycles.